The molecule has 4 aromatic rings. The number of hydrogen-bond donors (Lipinski definition) is 1. The third-order valence-electron chi connectivity index (χ3n) is 5.84. The molecule has 6 nitrogen and oxygen atoms in total. The minimum absolute atomic E-state index is 0.202. The molecule has 4 aromatic carbocycles. The van der Waals surface area contributed by atoms with Crippen molar-refractivity contribution in [1.29, 1.82) is 0 Å². The lowest BCUT2D eigenvalue weighted by Gasteiger charge is -2.13. The topological polar surface area (TPSA) is 75.7 Å². The lowest BCUT2D eigenvalue weighted by molar-refractivity contribution is -0.127. The Morgan fingerprint density at radius 2 is 1.76 bits per heavy atom. The van der Waals surface area contributed by atoms with E-state index in [-0.39, 0.29) is 4.91 Å². The summed E-state index contributed by atoms with van der Waals surface area (Å²) in [6, 6.07) is 26.3. The number of anilines is 1. The number of fused-ring (bicyclic) bond motifs is 1. The normalized spacial score (nSPS) is 14.4. The van der Waals surface area contributed by atoms with Crippen molar-refractivity contribution in [2.75, 3.05) is 11.9 Å². The van der Waals surface area contributed by atoms with Gasteiger partial charge in [0.1, 0.15) is 18.9 Å². The standard InChI is InChI=1S/C29H20BrClN2O4S/c30-21-12-13-25(37-17-19-8-5-7-18-6-1-2-9-22(18)19)20(14-21)15-26-28(35)33(29(36)38-26)16-27(34)32-24-11-4-3-10-23(24)31/h1-15H,16-17H2,(H,32,34)/b26-15+. The number of thioether (sulfide) groups is 1. The van der Waals surface area contributed by atoms with Crippen LogP contribution >= 0.6 is 39.3 Å². The summed E-state index contributed by atoms with van der Waals surface area (Å²) >= 11 is 10.3. The molecule has 1 fully saturated rings. The van der Waals surface area contributed by atoms with E-state index in [2.05, 4.69) is 39.4 Å². The summed E-state index contributed by atoms with van der Waals surface area (Å²) in [5, 5.41) is 4.69. The SMILES string of the molecule is O=C(CN1C(=O)S/C(=C/c2cc(Br)ccc2OCc2cccc3ccccc23)C1=O)Nc1ccccc1Cl. The maximum Gasteiger partial charge on any atom is 0.294 e. The van der Waals surface area contributed by atoms with E-state index < -0.39 is 23.6 Å². The molecule has 5 rings (SSSR count). The van der Waals surface area contributed by atoms with Gasteiger partial charge in [-0.15, -0.1) is 0 Å². The average Bonchev–Trinajstić information content (AvgIpc) is 3.16. The molecule has 1 saturated heterocycles. The first-order valence-electron chi connectivity index (χ1n) is 11.6. The second kappa shape index (κ2) is 11.4. The van der Waals surface area contributed by atoms with Crippen LogP contribution in [-0.4, -0.2) is 28.5 Å². The van der Waals surface area contributed by atoms with E-state index in [1.807, 2.05) is 42.5 Å². The van der Waals surface area contributed by atoms with Crippen molar-refractivity contribution >= 4 is 78.9 Å². The monoisotopic (exact) mass is 606 g/mol. The number of halogens is 2. The highest BCUT2D eigenvalue weighted by Gasteiger charge is 2.36. The van der Waals surface area contributed by atoms with Gasteiger partial charge in [-0.05, 0) is 64.5 Å². The number of hydrogen-bond acceptors (Lipinski definition) is 5. The predicted molar refractivity (Wildman–Crippen MR) is 155 cm³/mol. The first-order valence-corrected chi connectivity index (χ1v) is 13.6. The van der Waals surface area contributed by atoms with Crippen LogP contribution in [0.5, 0.6) is 5.75 Å². The molecule has 1 aliphatic rings. The van der Waals surface area contributed by atoms with Crippen LogP contribution in [-0.2, 0) is 16.2 Å². The Bertz CT molecular complexity index is 1600. The molecule has 3 amide bonds. The van der Waals surface area contributed by atoms with Gasteiger partial charge in [0.05, 0.1) is 15.6 Å². The van der Waals surface area contributed by atoms with Crippen molar-refractivity contribution in [2.45, 2.75) is 6.61 Å². The van der Waals surface area contributed by atoms with Crippen LogP contribution in [0.3, 0.4) is 0 Å². The third kappa shape index (κ3) is 5.78. The summed E-state index contributed by atoms with van der Waals surface area (Å²) in [6.07, 6.45) is 1.61. The molecular formula is C29H20BrClN2O4S. The molecule has 38 heavy (non-hydrogen) atoms. The third-order valence-corrected chi connectivity index (χ3v) is 7.58. The number of carbonyl (C=O) groups is 3. The highest BCUT2D eigenvalue weighted by molar-refractivity contribution is 9.10. The number of para-hydroxylation sites is 1. The molecule has 0 radical (unpaired) electrons. The Balaban J connectivity index is 1.33. The lowest BCUT2D eigenvalue weighted by Crippen LogP contribution is -2.36. The molecule has 0 atom stereocenters. The van der Waals surface area contributed by atoms with Crippen molar-refractivity contribution in [1.82, 2.24) is 4.90 Å². The Hall–Kier alpha value is -3.59. The second-order valence-corrected chi connectivity index (χ2v) is 10.7. The minimum Gasteiger partial charge on any atom is -0.488 e. The predicted octanol–water partition coefficient (Wildman–Crippen LogP) is 7.51. The van der Waals surface area contributed by atoms with Gasteiger partial charge in [0.25, 0.3) is 11.1 Å². The quantitative estimate of drug-likeness (QED) is 0.220. The van der Waals surface area contributed by atoms with Crippen LogP contribution in [0.15, 0.2) is 94.3 Å². The van der Waals surface area contributed by atoms with Crippen LogP contribution in [0.4, 0.5) is 10.5 Å². The number of imide groups is 1. The smallest absolute Gasteiger partial charge is 0.294 e. The number of ether oxygens (including phenoxy) is 1. The molecule has 0 aromatic heterocycles. The Kier molecular flexibility index (Phi) is 7.83. The fourth-order valence-electron chi connectivity index (χ4n) is 4.01. The molecular weight excluding hydrogens is 588 g/mol. The van der Waals surface area contributed by atoms with Crippen LogP contribution < -0.4 is 10.1 Å². The summed E-state index contributed by atoms with van der Waals surface area (Å²) < 4.78 is 6.96. The number of rotatable bonds is 7. The van der Waals surface area contributed by atoms with E-state index in [0.717, 1.165) is 37.5 Å². The van der Waals surface area contributed by atoms with Crippen LogP contribution in [0.1, 0.15) is 11.1 Å². The van der Waals surface area contributed by atoms with E-state index in [1.54, 1.807) is 30.3 Å². The molecule has 0 bridgehead atoms. The maximum absolute atomic E-state index is 13.1. The molecule has 190 valence electrons. The Morgan fingerprint density at radius 3 is 2.61 bits per heavy atom. The number of benzene rings is 4. The van der Waals surface area contributed by atoms with Gasteiger partial charge in [-0.2, -0.15) is 0 Å². The van der Waals surface area contributed by atoms with E-state index in [0.29, 0.717) is 28.6 Å². The van der Waals surface area contributed by atoms with Crippen molar-refractivity contribution in [3.05, 3.63) is 110 Å². The van der Waals surface area contributed by atoms with Crippen LogP contribution in [0.2, 0.25) is 5.02 Å². The minimum atomic E-state index is -0.547. The molecule has 1 heterocycles. The van der Waals surface area contributed by atoms with E-state index in [4.69, 9.17) is 16.3 Å². The zero-order valence-electron chi connectivity index (χ0n) is 19.8. The first kappa shape index (κ1) is 26.0. The molecule has 0 aliphatic carbocycles. The molecule has 0 unspecified atom stereocenters. The molecule has 0 spiro atoms. The molecule has 1 aliphatic heterocycles. The summed E-state index contributed by atoms with van der Waals surface area (Å²) in [7, 11) is 0. The summed E-state index contributed by atoms with van der Waals surface area (Å²) in [5.41, 5.74) is 2.07. The van der Waals surface area contributed by atoms with Crippen molar-refractivity contribution in [3.8, 4) is 5.75 Å². The van der Waals surface area contributed by atoms with Gasteiger partial charge in [-0.25, -0.2) is 0 Å². The zero-order valence-corrected chi connectivity index (χ0v) is 23.0. The van der Waals surface area contributed by atoms with Crippen molar-refractivity contribution < 1.29 is 19.1 Å². The summed E-state index contributed by atoms with van der Waals surface area (Å²) in [4.78, 5) is 39.3. The molecule has 9 heteroatoms. The highest BCUT2D eigenvalue weighted by atomic mass is 79.9. The Labute approximate surface area is 236 Å². The number of amides is 3. The van der Waals surface area contributed by atoms with Gasteiger partial charge in [0, 0.05) is 10.0 Å². The van der Waals surface area contributed by atoms with Crippen LogP contribution in [0.25, 0.3) is 16.8 Å². The lowest BCUT2D eigenvalue weighted by atomic mass is 10.1. The van der Waals surface area contributed by atoms with E-state index in [1.165, 1.54) is 0 Å². The van der Waals surface area contributed by atoms with Gasteiger partial charge in [0.15, 0.2) is 0 Å². The molecule has 0 saturated carbocycles. The average molecular weight is 608 g/mol. The fourth-order valence-corrected chi connectivity index (χ4v) is 5.40. The van der Waals surface area contributed by atoms with E-state index >= 15 is 0 Å². The maximum atomic E-state index is 13.1. The van der Waals surface area contributed by atoms with Gasteiger partial charge in [-0.1, -0.05) is 82.1 Å². The van der Waals surface area contributed by atoms with Gasteiger partial charge in [0.2, 0.25) is 5.91 Å². The molecule has 1 N–H and O–H groups in total. The fraction of sp³-hybridized carbons (Fsp3) is 0.0690. The summed E-state index contributed by atoms with van der Waals surface area (Å²) in [6.45, 7) is -0.0936. The second-order valence-electron chi connectivity index (χ2n) is 8.40. The van der Waals surface area contributed by atoms with Gasteiger partial charge < -0.3 is 10.1 Å². The first-order chi connectivity index (χ1) is 18.4. The zero-order chi connectivity index (χ0) is 26.6. The van der Waals surface area contributed by atoms with Crippen LogP contribution in [0, 0.1) is 0 Å². The Morgan fingerprint density at radius 1 is 1.00 bits per heavy atom. The van der Waals surface area contributed by atoms with Gasteiger partial charge >= 0.3 is 0 Å². The number of nitrogens with zero attached hydrogens (tertiary/aromatic N) is 1. The van der Waals surface area contributed by atoms with Crippen molar-refractivity contribution in [2.24, 2.45) is 0 Å². The summed E-state index contributed by atoms with van der Waals surface area (Å²) in [5.74, 6) is -0.512. The van der Waals surface area contributed by atoms with Crippen molar-refractivity contribution in [3.63, 3.8) is 0 Å². The number of carbonyl (C=O) groups excluding carboxylic acids is 3. The van der Waals surface area contributed by atoms with E-state index in [9.17, 15) is 14.4 Å². The highest BCUT2D eigenvalue weighted by Crippen LogP contribution is 2.35. The number of nitrogens with one attached hydrogen (secondary N) is 1. The largest absolute Gasteiger partial charge is 0.488 e. The van der Waals surface area contributed by atoms with Gasteiger partial charge in [-0.3, -0.25) is 19.3 Å².